The summed E-state index contributed by atoms with van der Waals surface area (Å²) in [4.78, 5) is 23.7. The van der Waals surface area contributed by atoms with Gasteiger partial charge in [0.25, 0.3) is 0 Å². The van der Waals surface area contributed by atoms with Crippen LogP contribution in [0.2, 0.25) is 0 Å². The van der Waals surface area contributed by atoms with Crippen molar-refractivity contribution in [3.63, 3.8) is 0 Å². The number of aliphatic hydroxyl groups excluding tert-OH is 3. The molecule has 1 fully saturated rings. The number of carbonyl (C=O) groups is 1. The summed E-state index contributed by atoms with van der Waals surface area (Å²) < 4.78 is 16.2. The molecule has 1 aliphatic heterocycles. The summed E-state index contributed by atoms with van der Waals surface area (Å²) in [6, 6.07) is 12.3. The van der Waals surface area contributed by atoms with Crippen LogP contribution in [0, 0.1) is 0 Å². The van der Waals surface area contributed by atoms with Gasteiger partial charge in [0, 0.05) is 23.8 Å². The molecule has 1 aromatic heterocycles. The summed E-state index contributed by atoms with van der Waals surface area (Å²) in [6.45, 7) is 0. The monoisotopic (exact) mass is 430 g/mol. The fraction of sp³-hybridized carbons (Fsp3) is 0.238. The molecule has 2 heterocycles. The number of rotatable bonds is 4. The molecule has 31 heavy (non-hydrogen) atoms. The lowest BCUT2D eigenvalue weighted by Crippen LogP contribution is -2.61. The van der Waals surface area contributed by atoms with Crippen molar-refractivity contribution >= 4 is 16.9 Å². The number of aromatic hydroxyl groups is 1. The molecule has 0 unspecified atom stereocenters. The van der Waals surface area contributed by atoms with E-state index in [-0.39, 0.29) is 22.5 Å². The van der Waals surface area contributed by atoms with E-state index in [1.165, 1.54) is 12.1 Å². The number of ether oxygens (including phenoxy) is 2. The minimum Gasteiger partial charge on any atom is -0.507 e. The van der Waals surface area contributed by atoms with Gasteiger partial charge in [0.05, 0.1) is 0 Å². The normalized spacial score (nSPS) is 26.0. The zero-order valence-corrected chi connectivity index (χ0v) is 15.8. The Balaban J connectivity index is 1.71. The summed E-state index contributed by atoms with van der Waals surface area (Å²) >= 11 is 0. The number of aliphatic hydroxyl groups is 3. The van der Waals surface area contributed by atoms with Crippen molar-refractivity contribution in [3.8, 4) is 22.8 Å². The van der Waals surface area contributed by atoms with Crippen LogP contribution in [0.5, 0.6) is 11.5 Å². The van der Waals surface area contributed by atoms with Crippen LogP contribution >= 0.6 is 0 Å². The highest BCUT2D eigenvalue weighted by atomic mass is 16.7. The van der Waals surface area contributed by atoms with E-state index >= 15 is 0 Å². The van der Waals surface area contributed by atoms with Gasteiger partial charge < -0.3 is 39.4 Å². The molecule has 10 heteroatoms. The van der Waals surface area contributed by atoms with E-state index in [9.17, 15) is 30.0 Å². The Morgan fingerprint density at radius 3 is 2.35 bits per heavy atom. The molecule has 5 N–H and O–H groups in total. The number of hydrogen-bond donors (Lipinski definition) is 5. The van der Waals surface area contributed by atoms with Gasteiger partial charge in [-0.15, -0.1) is 0 Å². The second kappa shape index (κ2) is 8.00. The smallest absolute Gasteiger partial charge is 0.335 e. The van der Waals surface area contributed by atoms with E-state index < -0.39 is 47.9 Å². The third-order valence-corrected chi connectivity index (χ3v) is 4.91. The molecule has 1 aliphatic rings. The van der Waals surface area contributed by atoms with Crippen LogP contribution in [0.4, 0.5) is 0 Å². The fourth-order valence-corrected chi connectivity index (χ4v) is 3.34. The first-order chi connectivity index (χ1) is 14.8. The highest BCUT2D eigenvalue weighted by Gasteiger charge is 2.48. The molecule has 1 saturated heterocycles. The topological polar surface area (TPSA) is 167 Å². The number of carboxylic acid groups (broad SMARTS) is 1. The van der Waals surface area contributed by atoms with Gasteiger partial charge in [-0.3, -0.25) is 4.79 Å². The van der Waals surface area contributed by atoms with Crippen LogP contribution in [0.1, 0.15) is 0 Å². The molecule has 0 radical (unpaired) electrons. The number of phenolic OH excluding ortho intramolecular Hbond substituents is 1. The highest BCUT2D eigenvalue weighted by molar-refractivity contribution is 5.86. The third kappa shape index (κ3) is 3.84. The molecule has 0 saturated carbocycles. The van der Waals surface area contributed by atoms with E-state index in [2.05, 4.69) is 0 Å². The van der Waals surface area contributed by atoms with Gasteiger partial charge >= 0.3 is 5.97 Å². The number of hydrogen-bond acceptors (Lipinski definition) is 9. The van der Waals surface area contributed by atoms with Gasteiger partial charge in [-0.25, -0.2) is 4.79 Å². The Labute approximate surface area is 174 Å². The van der Waals surface area contributed by atoms with Gasteiger partial charge in [0.2, 0.25) is 6.29 Å². The Hall–Kier alpha value is -3.44. The summed E-state index contributed by atoms with van der Waals surface area (Å²) in [6.07, 6.45) is -9.04. The number of fused-ring (bicyclic) bond motifs is 1. The lowest BCUT2D eigenvalue weighted by atomic mass is 9.99. The predicted octanol–water partition coefficient (Wildman–Crippen LogP) is 0.437. The Kier molecular flexibility index (Phi) is 5.38. The molecule has 2 aromatic carbocycles. The average molecular weight is 430 g/mol. The first-order valence-electron chi connectivity index (χ1n) is 9.21. The number of benzene rings is 2. The molecule has 0 amide bonds. The van der Waals surface area contributed by atoms with E-state index in [1.54, 1.807) is 30.3 Å². The van der Waals surface area contributed by atoms with Gasteiger partial charge in [0.1, 0.15) is 46.5 Å². The van der Waals surface area contributed by atoms with Crippen LogP contribution in [0.25, 0.3) is 22.3 Å². The van der Waals surface area contributed by atoms with Crippen LogP contribution in [0.15, 0.2) is 57.7 Å². The first-order valence-corrected chi connectivity index (χ1v) is 9.21. The number of phenols is 1. The van der Waals surface area contributed by atoms with Crippen LogP contribution < -0.4 is 10.2 Å². The van der Waals surface area contributed by atoms with Gasteiger partial charge in [-0.05, 0) is 0 Å². The lowest BCUT2D eigenvalue weighted by Gasteiger charge is -2.38. The van der Waals surface area contributed by atoms with E-state index in [1.807, 2.05) is 0 Å². The average Bonchev–Trinajstić information content (AvgIpc) is 2.74. The molecule has 10 nitrogen and oxygen atoms in total. The molecule has 4 rings (SSSR count). The molecule has 0 bridgehead atoms. The highest BCUT2D eigenvalue weighted by Crippen LogP contribution is 2.33. The quantitative estimate of drug-likeness (QED) is 0.392. The van der Waals surface area contributed by atoms with Crippen molar-refractivity contribution in [2.75, 3.05) is 0 Å². The SMILES string of the molecule is O=C(O)[C@H]1O[C@@H](Oc2cc(O)c3c(=O)cc(-c4ccccc4)oc3c2)[C@H](O)[C@@H](O)[C@H]1O. The summed E-state index contributed by atoms with van der Waals surface area (Å²) in [5.41, 5.74) is 0.101. The maximum Gasteiger partial charge on any atom is 0.335 e. The summed E-state index contributed by atoms with van der Waals surface area (Å²) in [5.74, 6) is -1.92. The minimum atomic E-state index is -1.87. The molecular formula is C21H18O10. The second-order valence-corrected chi connectivity index (χ2v) is 7.01. The Morgan fingerprint density at radius 1 is 0.968 bits per heavy atom. The zero-order valence-electron chi connectivity index (χ0n) is 15.8. The van der Waals surface area contributed by atoms with Gasteiger partial charge in [0.15, 0.2) is 11.5 Å². The van der Waals surface area contributed by atoms with Crippen molar-refractivity contribution < 1.29 is 44.2 Å². The maximum atomic E-state index is 12.5. The van der Waals surface area contributed by atoms with Crippen molar-refractivity contribution in [2.45, 2.75) is 30.7 Å². The van der Waals surface area contributed by atoms with E-state index in [0.29, 0.717) is 5.56 Å². The van der Waals surface area contributed by atoms with Gasteiger partial charge in [-0.2, -0.15) is 0 Å². The lowest BCUT2D eigenvalue weighted by molar-refractivity contribution is -0.271. The summed E-state index contributed by atoms with van der Waals surface area (Å²) in [7, 11) is 0. The van der Waals surface area contributed by atoms with Crippen molar-refractivity contribution in [3.05, 3.63) is 58.8 Å². The number of carboxylic acids is 1. The minimum absolute atomic E-state index is 0.0259. The summed E-state index contributed by atoms with van der Waals surface area (Å²) in [5, 5.41) is 49.1. The van der Waals surface area contributed by atoms with Crippen LogP contribution in [0.3, 0.4) is 0 Å². The van der Waals surface area contributed by atoms with Crippen molar-refractivity contribution in [2.24, 2.45) is 0 Å². The Bertz CT molecular complexity index is 1170. The Morgan fingerprint density at radius 2 is 1.68 bits per heavy atom. The molecule has 162 valence electrons. The van der Waals surface area contributed by atoms with Crippen LogP contribution in [-0.4, -0.2) is 62.2 Å². The third-order valence-electron chi connectivity index (χ3n) is 4.91. The fourth-order valence-electron chi connectivity index (χ4n) is 3.34. The molecular weight excluding hydrogens is 412 g/mol. The first kappa shape index (κ1) is 20.8. The van der Waals surface area contributed by atoms with Crippen molar-refractivity contribution in [1.29, 1.82) is 0 Å². The van der Waals surface area contributed by atoms with E-state index in [0.717, 1.165) is 6.07 Å². The number of aliphatic carboxylic acids is 1. The second-order valence-electron chi connectivity index (χ2n) is 7.01. The molecule has 5 atom stereocenters. The largest absolute Gasteiger partial charge is 0.507 e. The maximum absolute atomic E-state index is 12.5. The molecule has 3 aromatic rings. The standard InChI is InChI=1S/C21H18O10/c22-11-6-10(29-21-18(26)16(24)17(25)19(31-21)20(27)28)7-14-15(11)12(23)8-13(30-14)9-4-2-1-3-5-9/h1-8,16-19,21-22,24-26H,(H,27,28)/t16-,17+,18+,19-,21+/m0/s1. The zero-order chi connectivity index (χ0) is 22.3. The van der Waals surface area contributed by atoms with Crippen LogP contribution in [-0.2, 0) is 9.53 Å². The van der Waals surface area contributed by atoms with Crippen molar-refractivity contribution in [1.82, 2.24) is 0 Å². The molecule has 0 spiro atoms. The molecule has 0 aliphatic carbocycles. The van der Waals surface area contributed by atoms with E-state index in [4.69, 9.17) is 19.0 Å². The predicted molar refractivity (Wildman–Crippen MR) is 105 cm³/mol. The van der Waals surface area contributed by atoms with Gasteiger partial charge in [-0.1, -0.05) is 30.3 Å².